The zero-order valence-electron chi connectivity index (χ0n) is 18.4. The third-order valence-electron chi connectivity index (χ3n) is 6.04. The normalized spacial score (nSPS) is 22.2. The van der Waals surface area contributed by atoms with Crippen molar-refractivity contribution in [3.63, 3.8) is 0 Å². The summed E-state index contributed by atoms with van der Waals surface area (Å²) in [5, 5.41) is 11.2. The summed E-state index contributed by atoms with van der Waals surface area (Å²) >= 11 is 6.42. The Morgan fingerprint density at radius 2 is 1.90 bits per heavy atom. The largest absolute Gasteiger partial charge is 0.385 e. The monoisotopic (exact) mass is 444 g/mol. The first-order valence-corrected chi connectivity index (χ1v) is 11.7. The third-order valence-corrected chi connectivity index (χ3v) is 6.31. The molecule has 1 atom stereocenters. The minimum absolute atomic E-state index is 0.365. The molecule has 4 rings (SSSR count). The van der Waals surface area contributed by atoms with Gasteiger partial charge in [0.05, 0.1) is 23.5 Å². The maximum atomic E-state index is 6.42. The number of anilines is 2. The number of ether oxygens (including phenoxy) is 1. The Morgan fingerprint density at radius 1 is 1.13 bits per heavy atom. The molecule has 0 bridgehead atoms. The number of hydrogen-bond donors (Lipinski definition) is 3. The summed E-state index contributed by atoms with van der Waals surface area (Å²) in [4.78, 5) is 13.6. The summed E-state index contributed by atoms with van der Waals surface area (Å²) < 4.78 is 5.23. The van der Waals surface area contributed by atoms with Crippen LogP contribution in [-0.4, -0.2) is 53.3 Å². The van der Waals surface area contributed by atoms with Crippen LogP contribution in [0.25, 0.3) is 11.4 Å². The topological polar surface area (TPSA) is 84.0 Å². The molecule has 0 aromatic carbocycles. The predicted molar refractivity (Wildman–Crippen MR) is 126 cm³/mol. The SMILES string of the molecule is COC[C@@H](C)NC1CCC(Nc2ncc(Cl)c(-c3cc(NCC4CC4)ccn3)n2)CC1. The van der Waals surface area contributed by atoms with Crippen LogP contribution in [0.15, 0.2) is 24.5 Å². The summed E-state index contributed by atoms with van der Waals surface area (Å²) in [7, 11) is 1.75. The second-order valence-corrected chi connectivity index (χ2v) is 9.27. The number of methoxy groups -OCH3 is 1. The van der Waals surface area contributed by atoms with Crippen LogP contribution in [-0.2, 0) is 4.74 Å². The third kappa shape index (κ3) is 6.51. The van der Waals surface area contributed by atoms with Crippen molar-refractivity contribution in [2.45, 2.75) is 63.6 Å². The van der Waals surface area contributed by atoms with Crippen LogP contribution in [0.4, 0.5) is 11.6 Å². The Hall–Kier alpha value is -1.96. The fraction of sp³-hybridized carbons (Fsp3) is 0.609. The van der Waals surface area contributed by atoms with Crippen LogP contribution in [0.2, 0.25) is 5.02 Å². The number of nitrogens with zero attached hydrogens (tertiary/aromatic N) is 3. The van der Waals surface area contributed by atoms with Gasteiger partial charge in [0.1, 0.15) is 5.69 Å². The highest BCUT2D eigenvalue weighted by Gasteiger charge is 2.23. The highest BCUT2D eigenvalue weighted by Crippen LogP contribution is 2.30. The van der Waals surface area contributed by atoms with E-state index in [2.05, 4.69) is 32.8 Å². The van der Waals surface area contributed by atoms with E-state index in [1.54, 1.807) is 19.5 Å². The summed E-state index contributed by atoms with van der Waals surface area (Å²) in [5.74, 6) is 1.42. The Morgan fingerprint density at radius 3 is 2.65 bits per heavy atom. The van der Waals surface area contributed by atoms with Crippen LogP contribution in [0, 0.1) is 5.92 Å². The quantitative estimate of drug-likeness (QED) is 0.502. The fourth-order valence-corrected chi connectivity index (χ4v) is 4.35. The molecule has 2 aliphatic carbocycles. The van der Waals surface area contributed by atoms with Gasteiger partial charge in [0, 0.05) is 43.7 Å². The molecule has 2 fully saturated rings. The van der Waals surface area contributed by atoms with Gasteiger partial charge in [0.25, 0.3) is 0 Å². The fourth-order valence-electron chi connectivity index (χ4n) is 4.16. The van der Waals surface area contributed by atoms with E-state index in [1.165, 1.54) is 12.8 Å². The first-order chi connectivity index (χ1) is 15.1. The van der Waals surface area contributed by atoms with E-state index in [1.807, 2.05) is 12.1 Å². The Labute approximate surface area is 189 Å². The van der Waals surface area contributed by atoms with Gasteiger partial charge >= 0.3 is 0 Å². The second kappa shape index (κ2) is 10.6. The van der Waals surface area contributed by atoms with E-state index in [0.717, 1.165) is 56.1 Å². The van der Waals surface area contributed by atoms with Crippen LogP contribution in [0.3, 0.4) is 0 Å². The smallest absolute Gasteiger partial charge is 0.223 e. The molecule has 2 aromatic rings. The van der Waals surface area contributed by atoms with Crippen molar-refractivity contribution in [2.75, 3.05) is 30.9 Å². The summed E-state index contributed by atoms with van der Waals surface area (Å²) in [6, 6.07) is 5.28. The number of rotatable bonds is 10. The molecule has 2 saturated carbocycles. The lowest BCUT2D eigenvalue weighted by atomic mass is 9.91. The van der Waals surface area contributed by atoms with Crippen LogP contribution >= 0.6 is 11.6 Å². The van der Waals surface area contributed by atoms with E-state index in [4.69, 9.17) is 21.3 Å². The Balaban J connectivity index is 1.35. The second-order valence-electron chi connectivity index (χ2n) is 8.86. The standard InChI is InChI=1S/C23H33ClN6O/c1-15(14-31-2)28-17-5-7-18(8-6-17)29-23-27-13-20(24)22(30-23)21-11-19(9-10-25-21)26-12-16-3-4-16/h9-11,13,15-18,28H,3-8,12,14H2,1-2H3,(H,25,26)(H,27,29,30)/t15-,17?,18?/m1/s1. The van der Waals surface area contributed by atoms with E-state index < -0.39 is 0 Å². The van der Waals surface area contributed by atoms with Crippen LogP contribution in [0.5, 0.6) is 0 Å². The van der Waals surface area contributed by atoms with Crippen LogP contribution in [0.1, 0.15) is 45.4 Å². The number of aromatic nitrogens is 3. The molecular weight excluding hydrogens is 412 g/mol. The van der Waals surface area contributed by atoms with Gasteiger partial charge in [-0.2, -0.15) is 0 Å². The summed E-state index contributed by atoms with van der Waals surface area (Å²) in [6.07, 6.45) is 10.5. The van der Waals surface area contributed by atoms with Gasteiger partial charge in [-0.25, -0.2) is 9.97 Å². The van der Waals surface area contributed by atoms with E-state index in [-0.39, 0.29) is 0 Å². The molecule has 0 radical (unpaired) electrons. The molecule has 168 valence electrons. The average Bonchev–Trinajstić information content (AvgIpc) is 3.60. The van der Waals surface area contributed by atoms with Gasteiger partial charge in [-0.1, -0.05) is 11.6 Å². The molecule has 2 aromatic heterocycles. The maximum absolute atomic E-state index is 6.42. The van der Waals surface area contributed by atoms with Gasteiger partial charge in [-0.3, -0.25) is 4.98 Å². The number of pyridine rings is 1. The van der Waals surface area contributed by atoms with Crippen LogP contribution < -0.4 is 16.0 Å². The molecule has 31 heavy (non-hydrogen) atoms. The number of halogens is 1. The lowest BCUT2D eigenvalue weighted by Crippen LogP contribution is -2.43. The molecule has 0 amide bonds. The summed E-state index contributed by atoms with van der Waals surface area (Å²) in [6.45, 7) is 3.92. The van der Waals surface area contributed by atoms with Crippen molar-refractivity contribution in [3.05, 3.63) is 29.5 Å². The zero-order chi connectivity index (χ0) is 21.6. The minimum atomic E-state index is 0.365. The minimum Gasteiger partial charge on any atom is -0.385 e. The van der Waals surface area contributed by atoms with Crippen molar-refractivity contribution in [2.24, 2.45) is 5.92 Å². The van der Waals surface area contributed by atoms with Crippen molar-refractivity contribution in [1.82, 2.24) is 20.3 Å². The van der Waals surface area contributed by atoms with Crippen molar-refractivity contribution in [3.8, 4) is 11.4 Å². The predicted octanol–water partition coefficient (Wildman–Crippen LogP) is 4.36. The van der Waals surface area contributed by atoms with Crippen molar-refractivity contribution >= 4 is 23.2 Å². The molecule has 2 heterocycles. The molecule has 0 aliphatic heterocycles. The maximum Gasteiger partial charge on any atom is 0.223 e. The molecule has 3 N–H and O–H groups in total. The molecule has 8 heteroatoms. The van der Waals surface area contributed by atoms with Gasteiger partial charge in [-0.05, 0) is 63.5 Å². The first-order valence-electron chi connectivity index (χ1n) is 11.3. The lowest BCUT2D eigenvalue weighted by molar-refractivity contribution is 0.161. The van der Waals surface area contributed by atoms with Gasteiger partial charge in [-0.15, -0.1) is 0 Å². The molecule has 2 aliphatic rings. The number of nitrogens with one attached hydrogen (secondary N) is 3. The van der Waals surface area contributed by atoms with E-state index in [9.17, 15) is 0 Å². The number of hydrogen-bond acceptors (Lipinski definition) is 7. The Kier molecular flexibility index (Phi) is 7.58. The first kappa shape index (κ1) is 22.2. The average molecular weight is 445 g/mol. The highest BCUT2D eigenvalue weighted by atomic mass is 35.5. The highest BCUT2D eigenvalue weighted by molar-refractivity contribution is 6.32. The van der Waals surface area contributed by atoms with Gasteiger partial charge in [0.15, 0.2) is 0 Å². The van der Waals surface area contributed by atoms with E-state index in [0.29, 0.717) is 34.8 Å². The van der Waals surface area contributed by atoms with Gasteiger partial charge in [0.2, 0.25) is 5.95 Å². The zero-order valence-corrected chi connectivity index (χ0v) is 19.2. The molecule has 0 saturated heterocycles. The van der Waals surface area contributed by atoms with Gasteiger partial charge < -0.3 is 20.7 Å². The molecule has 7 nitrogen and oxygen atoms in total. The Bertz CT molecular complexity index is 854. The molecular formula is C23H33ClN6O. The lowest BCUT2D eigenvalue weighted by Gasteiger charge is -2.31. The van der Waals surface area contributed by atoms with Crippen molar-refractivity contribution < 1.29 is 4.74 Å². The summed E-state index contributed by atoms with van der Waals surface area (Å²) in [5.41, 5.74) is 2.48. The molecule has 0 spiro atoms. The van der Waals surface area contributed by atoms with Crippen molar-refractivity contribution in [1.29, 1.82) is 0 Å². The molecule has 0 unspecified atom stereocenters. The van der Waals surface area contributed by atoms with E-state index >= 15 is 0 Å².